The van der Waals surface area contributed by atoms with Gasteiger partial charge in [0.25, 0.3) is 0 Å². The molecule has 7 nitrogen and oxygen atoms in total. The minimum Gasteiger partial charge on any atom is -0.504 e. The SMILES string of the molecule is COc1cc(O[C@H]2OC[C@H]3[C@@H]2CO[C@@H]3c2ccc(O)c(OC)c2)ccc1O. The number of fused-ring (bicyclic) bond motifs is 1. The van der Waals surface area contributed by atoms with Crippen molar-refractivity contribution >= 4 is 0 Å². The Morgan fingerprint density at radius 3 is 2.26 bits per heavy atom. The van der Waals surface area contributed by atoms with Crippen LogP contribution in [0.2, 0.25) is 0 Å². The van der Waals surface area contributed by atoms with Crippen LogP contribution < -0.4 is 14.2 Å². The van der Waals surface area contributed by atoms with Gasteiger partial charge in [-0.3, -0.25) is 0 Å². The van der Waals surface area contributed by atoms with Crippen LogP contribution in [0.25, 0.3) is 0 Å². The van der Waals surface area contributed by atoms with Crippen molar-refractivity contribution in [1.29, 1.82) is 0 Å². The van der Waals surface area contributed by atoms with Crippen molar-refractivity contribution < 1.29 is 33.9 Å². The second kappa shape index (κ2) is 7.17. The number of phenolic OH excluding ortho intramolecular Hbond substituents is 2. The molecule has 2 saturated heterocycles. The molecule has 0 radical (unpaired) electrons. The topological polar surface area (TPSA) is 86.6 Å². The maximum atomic E-state index is 9.80. The van der Waals surface area contributed by atoms with Crippen LogP contribution in [0.4, 0.5) is 0 Å². The average molecular weight is 374 g/mol. The highest BCUT2D eigenvalue weighted by Gasteiger charge is 2.49. The first-order valence-corrected chi connectivity index (χ1v) is 8.74. The number of ether oxygens (including phenoxy) is 5. The zero-order valence-electron chi connectivity index (χ0n) is 15.1. The van der Waals surface area contributed by atoms with Crippen molar-refractivity contribution in [3.8, 4) is 28.7 Å². The largest absolute Gasteiger partial charge is 0.504 e. The predicted molar refractivity (Wildman–Crippen MR) is 95.4 cm³/mol. The van der Waals surface area contributed by atoms with Gasteiger partial charge in [0.05, 0.1) is 39.5 Å². The number of methoxy groups -OCH3 is 2. The van der Waals surface area contributed by atoms with Gasteiger partial charge < -0.3 is 33.9 Å². The van der Waals surface area contributed by atoms with E-state index in [9.17, 15) is 10.2 Å². The van der Waals surface area contributed by atoms with Gasteiger partial charge in [-0.25, -0.2) is 0 Å². The van der Waals surface area contributed by atoms with Crippen LogP contribution in [0.1, 0.15) is 11.7 Å². The smallest absolute Gasteiger partial charge is 0.205 e. The Kier molecular flexibility index (Phi) is 4.72. The number of phenols is 2. The normalized spacial score (nSPS) is 26.6. The summed E-state index contributed by atoms with van der Waals surface area (Å²) in [6.45, 7) is 1.02. The molecule has 0 spiro atoms. The number of hydrogen-bond acceptors (Lipinski definition) is 7. The molecule has 7 heteroatoms. The van der Waals surface area contributed by atoms with Crippen LogP contribution in [-0.2, 0) is 9.47 Å². The maximum Gasteiger partial charge on any atom is 0.205 e. The first-order valence-electron chi connectivity index (χ1n) is 8.74. The number of benzene rings is 2. The van der Waals surface area contributed by atoms with Gasteiger partial charge in [0, 0.05) is 12.0 Å². The molecule has 0 aromatic heterocycles. The van der Waals surface area contributed by atoms with Crippen LogP contribution in [0, 0.1) is 11.8 Å². The molecular weight excluding hydrogens is 352 g/mol. The van der Waals surface area contributed by atoms with Crippen LogP contribution in [-0.4, -0.2) is 43.9 Å². The quantitative estimate of drug-likeness (QED) is 0.832. The van der Waals surface area contributed by atoms with Crippen molar-refractivity contribution in [2.24, 2.45) is 11.8 Å². The summed E-state index contributed by atoms with van der Waals surface area (Å²) in [6.07, 6.45) is -0.583. The third-order valence-corrected chi connectivity index (χ3v) is 5.15. The lowest BCUT2D eigenvalue weighted by Crippen LogP contribution is -2.26. The molecule has 27 heavy (non-hydrogen) atoms. The molecule has 0 saturated carbocycles. The highest BCUT2D eigenvalue weighted by Crippen LogP contribution is 2.46. The van der Waals surface area contributed by atoms with Gasteiger partial charge >= 0.3 is 0 Å². The molecule has 2 aliphatic rings. The highest BCUT2D eigenvalue weighted by atomic mass is 16.7. The first-order chi connectivity index (χ1) is 13.1. The fourth-order valence-electron chi connectivity index (χ4n) is 3.71. The van der Waals surface area contributed by atoms with E-state index in [2.05, 4.69) is 0 Å². The summed E-state index contributed by atoms with van der Waals surface area (Å²) < 4.78 is 28.2. The van der Waals surface area contributed by atoms with E-state index in [1.165, 1.54) is 20.3 Å². The predicted octanol–water partition coefficient (Wildman–Crippen LogP) is 2.85. The monoisotopic (exact) mass is 374 g/mol. The van der Waals surface area contributed by atoms with E-state index in [-0.39, 0.29) is 29.4 Å². The van der Waals surface area contributed by atoms with Gasteiger partial charge in [-0.1, -0.05) is 6.07 Å². The summed E-state index contributed by atoms with van der Waals surface area (Å²) in [5.74, 6) is 1.70. The molecule has 144 valence electrons. The van der Waals surface area contributed by atoms with Crippen molar-refractivity contribution in [2.45, 2.75) is 12.4 Å². The Balaban J connectivity index is 1.49. The highest BCUT2D eigenvalue weighted by molar-refractivity contribution is 5.45. The van der Waals surface area contributed by atoms with Crippen LogP contribution >= 0.6 is 0 Å². The van der Waals surface area contributed by atoms with Crippen LogP contribution in [0.3, 0.4) is 0 Å². The first kappa shape index (κ1) is 17.8. The van der Waals surface area contributed by atoms with E-state index in [1.54, 1.807) is 24.3 Å². The fraction of sp³-hybridized carbons (Fsp3) is 0.400. The Labute approximate surface area is 157 Å². The zero-order valence-corrected chi connectivity index (χ0v) is 15.1. The van der Waals surface area contributed by atoms with Gasteiger partial charge in [-0.2, -0.15) is 0 Å². The Hall–Kier alpha value is -2.64. The minimum atomic E-state index is -0.437. The Morgan fingerprint density at radius 2 is 1.52 bits per heavy atom. The zero-order chi connectivity index (χ0) is 19.0. The van der Waals surface area contributed by atoms with Gasteiger partial charge in [-0.15, -0.1) is 0 Å². The van der Waals surface area contributed by atoms with E-state index < -0.39 is 6.29 Å². The van der Waals surface area contributed by atoms with Crippen molar-refractivity contribution in [1.82, 2.24) is 0 Å². The lowest BCUT2D eigenvalue weighted by molar-refractivity contribution is -0.0788. The maximum absolute atomic E-state index is 9.80. The fourth-order valence-corrected chi connectivity index (χ4v) is 3.71. The Morgan fingerprint density at radius 1 is 0.852 bits per heavy atom. The summed E-state index contributed by atoms with van der Waals surface area (Å²) in [7, 11) is 3.01. The molecule has 0 bridgehead atoms. The molecule has 0 aliphatic carbocycles. The number of aromatic hydroxyl groups is 2. The minimum absolute atomic E-state index is 0.0561. The van der Waals surface area contributed by atoms with Gasteiger partial charge in [0.1, 0.15) is 5.75 Å². The third-order valence-electron chi connectivity index (χ3n) is 5.15. The molecule has 2 aliphatic heterocycles. The molecule has 0 unspecified atom stereocenters. The van der Waals surface area contributed by atoms with Crippen molar-refractivity contribution in [2.75, 3.05) is 27.4 Å². The second-order valence-electron chi connectivity index (χ2n) is 6.67. The van der Waals surface area contributed by atoms with E-state index >= 15 is 0 Å². The van der Waals surface area contributed by atoms with E-state index in [4.69, 9.17) is 23.7 Å². The van der Waals surface area contributed by atoms with Gasteiger partial charge in [0.15, 0.2) is 23.0 Å². The summed E-state index contributed by atoms with van der Waals surface area (Å²) >= 11 is 0. The molecule has 4 atom stereocenters. The molecule has 2 aromatic carbocycles. The lowest BCUT2D eigenvalue weighted by atomic mass is 9.89. The van der Waals surface area contributed by atoms with Crippen LogP contribution in [0.15, 0.2) is 36.4 Å². The second-order valence-corrected chi connectivity index (χ2v) is 6.67. The van der Waals surface area contributed by atoms with E-state index in [0.29, 0.717) is 30.5 Å². The summed E-state index contributed by atoms with van der Waals surface area (Å²) in [6, 6.07) is 10.1. The molecule has 2 heterocycles. The molecule has 0 amide bonds. The van der Waals surface area contributed by atoms with Gasteiger partial charge in [0.2, 0.25) is 6.29 Å². The number of rotatable bonds is 5. The molecule has 2 aromatic rings. The third kappa shape index (κ3) is 3.24. The molecular formula is C20H22O7. The van der Waals surface area contributed by atoms with E-state index in [1.807, 2.05) is 6.07 Å². The summed E-state index contributed by atoms with van der Waals surface area (Å²) in [5.41, 5.74) is 0.938. The molecule has 2 fully saturated rings. The number of hydrogen-bond donors (Lipinski definition) is 2. The van der Waals surface area contributed by atoms with Crippen molar-refractivity contribution in [3.63, 3.8) is 0 Å². The molecule has 2 N–H and O–H groups in total. The van der Waals surface area contributed by atoms with Crippen LogP contribution in [0.5, 0.6) is 28.7 Å². The summed E-state index contributed by atoms with van der Waals surface area (Å²) in [5, 5.41) is 19.5. The average Bonchev–Trinajstić information content (AvgIpc) is 3.27. The standard InChI is InChI=1S/C20H22O7/c1-23-17-7-11(3-5-15(17)21)19-13-9-26-20(14(13)10-25-19)27-12-4-6-16(22)18(8-12)24-2/h3-8,13-14,19-22H,9-10H2,1-2H3/t13-,14-,19+,20+/m0/s1. The van der Waals surface area contributed by atoms with Crippen molar-refractivity contribution in [3.05, 3.63) is 42.0 Å². The Bertz CT molecular complexity index is 822. The summed E-state index contributed by atoms with van der Waals surface area (Å²) in [4.78, 5) is 0. The van der Waals surface area contributed by atoms with E-state index in [0.717, 1.165) is 5.56 Å². The molecule has 4 rings (SSSR count). The lowest BCUT2D eigenvalue weighted by Gasteiger charge is -2.18. The van der Waals surface area contributed by atoms with Gasteiger partial charge in [-0.05, 0) is 29.8 Å².